The zero-order valence-corrected chi connectivity index (χ0v) is 37.7. The highest BCUT2D eigenvalue weighted by molar-refractivity contribution is 7.47. The van der Waals surface area contributed by atoms with Crippen molar-refractivity contribution < 1.29 is 86.2 Å². The van der Waals surface area contributed by atoms with Crippen molar-refractivity contribution in [1.82, 2.24) is 20.0 Å². The number of aliphatic hydroxyl groups is 3. The number of hydrogen-bond donors (Lipinski definition) is 4. The van der Waals surface area contributed by atoms with Crippen molar-refractivity contribution in [3.05, 3.63) is 71.3 Å². The molecule has 66 heavy (non-hydrogen) atoms. The van der Waals surface area contributed by atoms with Crippen LogP contribution in [0.4, 0.5) is 5.69 Å². The van der Waals surface area contributed by atoms with Gasteiger partial charge in [0.2, 0.25) is 0 Å². The molecule has 4 N–H and O–H groups in total. The number of carbonyl (C=O) groups is 4. The second-order valence-corrected chi connectivity index (χ2v) is 15.8. The molecule has 3 rings (SSSR count). The number of nitrogens with zero attached hydrogens (tertiary/aromatic N) is 5. The molecule has 0 aliphatic rings. The lowest BCUT2D eigenvalue weighted by atomic mass is 10.1. The molecule has 0 saturated heterocycles. The van der Waals surface area contributed by atoms with Crippen molar-refractivity contribution in [2.75, 3.05) is 90.7 Å². The molecule has 1 aromatic carbocycles. The minimum Gasteiger partial charge on any atom is -0.464 e. The van der Waals surface area contributed by atoms with Crippen LogP contribution in [0.15, 0.2) is 48.8 Å². The molecule has 0 aliphatic carbocycles. The molecule has 4 atom stereocenters. The van der Waals surface area contributed by atoms with Gasteiger partial charge < -0.3 is 58.3 Å². The van der Waals surface area contributed by atoms with E-state index in [4.69, 9.17) is 37.8 Å². The van der Waals surface area contributed by atoms with E-state index in [2.05, 4.69) is 29.7 Å². The van der Waals surface area contributed by atoms with Gasteiger partial charge in [0, 0.05) is 50.1 Å². The summed E-state index contributed by atoms with van der Waals surface area (Å²) in [6.45, 7) is 2.22. The molecular weight excluding hydrogens is 893 g/mol. The first-order valence-corrected chi connectivity index (χ1v) is 22.5. The van der Waals surface area contributed by atoms with Gasteiger partial charge in [0.15, 0.2) is 6.10 Å². The van der Waals surface area contributed by atoms with E-state index in [0.29, 0.717) is 31.8 Å². The largest absolute Gasteiger partial charge is 0.472 e. The van der Waals surface area contributed by atoms with Crippen LogP contribution in [0.25, 0.3) is 12.2 Å². The predicted molar refractivity (Wildman–Crippen MR) is 232 cm³/mol. The smallest absolute Gasteiger partial charge is 0.464 e. The Morgan fingerprint density at radius 2 is 1.47 bits per heavy atom. The summed E-state index contributed by atoms with van der Waals surface area (Å²) in [5.41, 5.74) is 4.26. The number of rotatable bonds is 38. The first-order valence-electron chi connectivity index (χ1n) is 21.0. The van der Waals surface area contributed by atoms with Crippen LogP contribution in [0.3, 0.4) is 0 Å². The molecule has 0 amide bonds. The summed E-state index contributed by atoms with van der Waals surface area (Å²) < 4.78 is 58.8. The lowest BCUT2D eigenvalue weighted by Gasteiger charge is -2.25. The first-order chi connectivity index (χ1) is 31.9. The van der Waals surface area contributed by atoms with Crippen molar-refractivity contribution in [2.45, 2.75) is 64.1 Å². The van der Waals surface area contributed by atoms with Crippen LogP contribution in [0.5, 0.6) is 0 Å². The Hall–Kier alpha value is -5.20. The van der Waals surface area contributed by atoms with Crippen LogP contribution in [-0.4, -0.2) is 169 Å². The number of aromatic nitrogens is 4. The van der Waals surface area contributed by atoms with Crippen molar-refractivity contribution in [3.8, 4) is 0 Å². The molecule has 0 aliphatic heterocycles. The van der Waals surface area contributed by atoms with Crippen molar-refractivity contribution >= 4 is 50.5 Å². The van der Waals surface area contributed by atoms with Gasteiger partial charge in [-0.25, -0.2) is 9.25 Å². The average molecular weight is 954 g/mol. The number of aliphatic hydroxyl groups excluding tert-OH is 3. The molecule has 2 aromatic heterocycles. The molecule has 24 heteroatoms. The molecule has 2 heterocycles. The molecule has 0 saturated carbocycles. The van der Waals surface area contributed by atoms with E-state index < -0.39 is 44.7 Å². The van der Waals surface area contributed by atoms with Crippen molar-refractivity contribution in [2.24, 2.45) is 0 Å². The molecule has 0 spiro atoms. The molecule has 0 fully saturated rings. The van der Waals surface area contributed by atoms with Crippen LogP contribution in [0, 0.1) is 6.92 Å². The van der Waals surface area contributed by atoms with Crippen LogP contribution in [0.1, 0.15) is 48.2 Å². The van der Waals surface area contributed by atoms with E-state index >= 15 is 0 Å². The third kappa shape index (κ3) is 24.9. The maximum absolute atomic E-state index is 12.2. The number of phosphoric ester groups is 1. The molecule has 0 bridgehead atoms. The van der Waals surface area contributed by atoms with Crippen LogP contribution >= 0.6 is 7.82 Å². The zero-order chi connectivity index (χ0) is 47.8. The number of anilines is 1. The second-order valence-electron chi connectivity index (χ2n) is 14.3. The first kappa shape index (κ1) is 55.1. The van der Waals surface area contributed by atoms with E-state index in [1.165, 1.54) is 4.68 Å². The van der Waals surface area contributed by atoms with Gasteiger partial charge >= 0.3 is 19.8 Å². The Morgan fingerprint density at radius 1 is 0.788 bits per heavy atom. The van der Waals surface area contributed by atoms with Crippen LogP contribution in [0.2, 0.25) is 0 Å². The number of phosphoric acid groups is 1. The van der Waals surface area contributed by atoms with Crippen LogP contribution < -0.4 is 4.90 Å². The summed E-state index contributed by atoms with van der Waals surface area (Å²) in [6, 6.07) is 11.9. The topological polar surface area (TPSA) is 296 Å². The molecule has 4 unspecified atom stereocenters. The Bertz CT molecular complexity index is 1900. The quantitative estimate of drug-likeness (QED) is 0.0208. The Labute approximate surface area is 382 Å². The molecule has 366 valence electrons. The fourth-order valence-corrected chi connectivity index (χ4v) is 6.23. The number of hydrogen-bond acceptors (Lipinski definition) is 21. The van der Waals surface area contributed by atoms with Gasteiger partial charge in [-0.15, -0.1) is 5.10 Å². The zero-order valence-electron chi connectivity index (χ0n) is 36.8. The SMILES string of the molecule is Cc1ccc(/C=C/c2ccc(N(CCOCC(O)CO)CCOCC(O)Cn3cc(COC(=O)CCCOCCOC(=O)CCCOP(=O)(O)OCC(COC=O)OC=O)nn3)cc2)cn1. The van der Waals surface area contributed by atoms with Gasteiger partial charge in [-0.1, -0.05) is 35.6 Å². The minimum atomic E-state index is -4.53. The fraction of sp³-hybridized carbons (Fsp3) is 0.548. The minimum absolute atomic E-state index is 0.00987. The Morgan fingerprint density at radius 3 is 2.15 bits per heavy atom. The summed E-state index contributed by atoms with van der Waals surface area (Å²) in [7, 11) is -4.53. The number of esters is 2. The van der Waals surface area contributed by atoms with E-state index in [9.17, 15) is 38.8 Å². The van der Waals surface area contributed by atoms with Crippen molar-refractivity contribution in [1.29, 1.82) is 0 Å². The second kappa shape index (κ2) is 32.5. The molecule has 0 radical (unpaired) electrons. The van der Waals surface area contributed by atoms with E-state index in [0.717, 1.165) is 22.5 Å². The van der Waals surface area contributed by atoms with Gasteiger partial charge in [-0.05, 0) is 49.1 Å². The highest BCUT2D eigenvalue weighted by Crippen LogP contribution is 2.43. The lowest BCUT2D eigenvalue weighted by molar-refractivity contribution is -0.145. The van der Waals surface area contributed by atoms with Gasteiger partial charge in [0.25, 0.3) is 12.9 Å². The Kier molecular flexibility index (Phi) is 27.1. The fourth-order valence-electron chi connectivity index (χ4n) is 5.44. The van der Waals surface area contributed by atoms with Gasteiger partial charge in [-0.2, -0.15) is 0 Å². The van der Waals surface area contributed by atoms with Gasteiger partial charge in [-0.3, -0.25) is 33.2 Å². The highest BCUT2D eigenvalue weighted by Gasteiger charge is 2.24. The monoisotopic (exact) mass is 953 g/mol. The standard InChI is InChI=1S/C42H60N5O18P/c1-33-6-7-35(22-43-33)9-8-34-10-12-37(13-11-34)46(15-19-59-28-39(52)25-48)14-18-58-27-38(51)24-47-23-36(44-45-47)26-62-42(54)4-2-16-57-20-21-61-41(53)5-3-17-64-66(55,56)65-30-40(63-32-50)29-60-31-49/h6-13,22-23,31-32,38-40,48,51-52H,2-5,14-21,24-30H2,1H3,(H,55,56)/b9-8+. The normalized spacial score (nSPS) is 13.7. The number of benzene rings is 1. The van der Waals surface area contributed by atoms with Gasteiger partial charge in [0.1, 0.15) is 31.6 Å². The maximum atomic E-state index is 12.2. The number of aryl methyl sites for hydroxylation is 1. The third-order valence-corrected chi connectivity index (χ3v) is 9.81. The summed E-state index contributed by atoms with van der Waals surface area (Å²) in [5, 5.41) is 37.3. The highest BCUT2D eigenvalue weighted by atomic mass is 31.2. The van der Waals surface area contributed by atoms with E-state index in [-0.39, 0.29) is 105 Å². The number of ether oxygens (including phenoxy) is 7. The number of pyridine rings is 1. The summed E-state index contributed by atoms with van der Waals surface area (Å²) in [6.07, 6.45) is 4.71. The molecular formula is C42H60N5O18P. The van der Waals surface area contributed by atoms with Crippen molar-refractivity contribution in [3.63, 3.8) is 0 Å². The maximum Gasteiger partial charge on any atom is 0.472 e. The lowest BCUT2D eigenvalue weighted by Crippen LogP contribution is -2.33. The number of carbonyl (C=O) groups excluding carboxylic acids is 4. The summed E-state index contributed by atoms with van der Waals surface area (Å²) in [5.74, 6) is -1.08. The molecule has 23 nitrogen and oxygen atoms in total. The van der Waals surface area contributed by atoms with Gasteiger partial charge in [0.05, 0.1) is 71.7 Å². The predicted octanol–water partition coefficient (Wildman–Crippen LogP) is 1.42. The van der Waals surface area contributed by atoms with E-state index in [1.807, 2.05) is 61.7 Å². The summed E-state index contributed by atoms with van der Waals surface area (Å²) >= 11 is 0. The van der Waals surface area contributed by atoms with E-state index in [1.54, 1.807) is 6.20 Å². The average Bonchev–Trinajstić information content (AvgIpc) is 3.76. The molecule has 3 aromatic rings. The third-order valence-electron chi connectivity index (χ3n) is 8.83. The summed E-state index contributed by atoms with van der Waals surface area (Å²) in [4.78, 5) is 60.9. The Balaban J connectivity index is 1.25. The van der Waals surface area contributed by atoms with Crippen LogP contribution in [-0.2, 0) is 79.1 Å².